The number of rotatable bonds is 6. The van der Waals surface area contributed by atoms with E-state index >= 15 is 0 Å². The van der Waals surface area contributed by atoms with E-state index in [1.54, 1.807) is 0 Å². The van der Waals surface area contributed by atoms with Gasteiger partial charge in [-0.1, -0.05) is 26.2 Å². The summed E-state index contributed by atoms with van der Waals surface area (Å²) in [6, 6.07) is 0.335. The zero-order valence-corrected chi connectivity index (χ0v) is 13.1. The van der Waals surface area contributed by atoms with Gasteiger partial charge in [-0.2, -0.15) is 0 Å². The zero-order valence-electron chi connectivity index (χ0n) is 13.1. The highest BCUT2D eigenvalue weighted by molar-refractivity contribution is 5.79. The third-order valence-corrected chi connectivity index (χ3v) is 4.93. The van der Waals surface area contributed by atoms with Gasteiger partial charge in [-0.05, 0) is 38.6 Å². The van der Waals surface area contributed by atoms with Gasteiger partial charge in [-0.15, -0.1) is 0 Å². The van der Waals surface area contributed by atoms with Crippen molar-refractivity contribution < 1.29 is 14.7 Å². The maximum absolute atomic E-state index is 12.1. The molecule has 1 atom stereocenters. The molecule has 1 amide bonds. The second-order valence-corrected chi connectivity index (χ2v) is 6.70. The van der Waals surface area contributed by atoms with E-state index in [-0.39, 0.29) is 5.91 Å². The fraction of sp³-hybridized carbons (Fsp3) is 0.875. The van der Waals surface area contributed by atoms with Crippen LogP contribution in [0.5, 0.6) is 0 Å². The Morgan fingerprint density at radius 3 is 2.62 bits per heavy atom. The molecular formula is C16H28N2O3. The molecule has 2 rings (SSSR count). The average Bonchev–Trinajstić information content (AvgIpc) is 2.92. The molecule has 0 radical (unpaired) electrons. The minimum Gasteiger partial charge on any atom is -0.481 e. The first-order valence-corrected chi connectivity index (χ1v) is 8.31. The fourth-order valence-corrected chi connectivity index (χ4v) is 3.87. The number of carbonyl (C=O) groups excluding carboxylic acids is 1. The van der Waals surface area contributed by atoms with Crippen LogP contribution in [0.2, 0.25) is 0 Å². The maximum atomic E-state index is 12.1. The van der Waals surface area contributed by atoms with Crippen LogP contribution in [-0.4, -0.2) is 47.6 Å². The summed E-state index contributed by atoms with van der Waals surface area (Å²) in [6.07, 6.45) is 7.74. The van der Waals surface area contributed by atoms with E-state index < -0.39 is 11.4 Å². The van der Waals surface area contributed by atoms with E-state index in [2.05, 4.69) is 5.32 Å². The number of hydrogen-bond donors (Lipinski definition) is 2. The highest BCUT2D eigenvalue weighted by Crippen LogP contribution is 2.34. The molecule has 2 aliphatic rings. The van der Waals surface area contributed by atoms with Crippen molar-refractivity contribution in [3.05, 3.63) is 0 Å². The molecule has 0 aromatic heterocycles. The maximum Gasteiger partial charge on any atom is 0.310 e. The highest BCUT2D eigenvalue weighted by atomic mass is 16.4. The van der Waals surface area contributed by atoms with Gasteiger partial charge in [0.15, 0.2) is 0 Å². The number of hydrogen-bond acceptors (Lipinski definition) is 3. The van der Waals surface area contributed by atoms with Crippen molar-refractivity contribution in [3.8, 4) is 0 Å². The molecule has 0 spiro atoms. The Kier molecular flexibility index (Phi) is 5.62. The number of piperidine rings is 1. The van der Waals surface area contributed by atoms with Crippen molar-refractivity contribution in [2.75, 3.05) is 19.6 Å². The van der Waals surface area contributed by atoms with Crippen molar-refractivity contribution in [1.82, 2.24) is 10.2 Å². The van der Waals surface area contributed by atoms with E-state index in [0.717, 1.165) is 38.6 Å². The molecule has 1 aliphatic heterocycles. The van der Waals surface area contributed by atoms with Gasteiger partial charge in [-0.3, -0.25) is 14.5 Å². The first-order chi connectivity index (χ1) is 10.1. The first kappa shape index (κ1) is 16.3. The molecule has 120 valence electrons. The quantitative estimate of drug-likeness (QED) is 0.786. The van der Waals surface area contributed by atoms with Crippen molar-refractivity contribution in [1.29, 1.82) is 0 Å². The van der Waals surface area contributed by atoms with E-state index in [1.807, 2.05) is 11.8 Å². The summed E-state index contributed by atoms with van der Waals surface area (Å²) in [5.74, 6) is -0.648. The van der Waals surface area contributed by atoms with Gasteiger partial charge in [0.05, 0.1) is 12.0 Å². The molecule has 2 N–H and O–H groups in total. The summed E-state index contributed by atoms with van der Waals surface area (Å²) >= 11 is 0. The Labute approximate surface area is 127 Å². The molecule has 1 saturated heterocycles. The van der Waals surface area contributed by atoms with Crippen molar-refractivity contribution >= 4 is 11.9 Å². The number of likely N-dealkylation sites (tertiary alicyclic amines) is 1. The molecule has 5 heteroatoms. The highest BCUT2D eigenvalue weighted by Gasteiger charge is 2.41. The van der Waals surface area contributed by atoms with Crippen LogP contribution in [0.3, 0.4) is 0 Å². The molecule has 0 bridgehead atoms. The lowest BCUT2D eigenvalue weighted by Crippen LogP contribution is -2.51. The zero-order chi connectivity index (χ0) is 15.3. The molecule has 1 heterocycles. The SMILES string of the molecule is CCCC1(C(=O)O)CCCN(CC(=O)NC2CCCC2)C1. The van der Waals surface area contributed by atoms with Crippen molar-refractivity contribution in [2.24, 2.45) is 5.41 Å². The summed E-state index contributed by atoms with van der Waals surface area (Å²) in [7, 11) is 0. The molecule has 5 nitrogen and oxygen atoms in total. The number of carboxylic acids is 1. The van der Waals surface area contributed by atoms with Crippen LogP contribution in [-0.2, 0) is 9.59 Å². The Balaban J connectivity index is 1.87. The number of nitrogens with one attached hydrogen (secondary N) is 1. The Morgan fingerprint density at radius 2 is 2.00 bits per heavy atom. The van der Waals surface area contributed by atoms with E-state index in [9.17, 15) is 14.7 Å². The number of nitrogens with zero attached hydrogens (tertiary/aromatic N) is 1. The lowest BCUT2D eigenvalue weighted by Gasteiger charge is -2.39. The normalized spacial score (nSPS) is 27.7. The number of amides is 1. The standard InChI is InChI=1S/C16H28N2O3/c1-2-8-16(15(20)21)9-5-10-18(12-16)11-14(19)17-13-6-3-4-7-13/h13H,2-12H2,1H3,(H,17,19)(H,20,21). The molecule has 0 aromatic carbocycles. The molecule has 0 aromatic rings. The fourth-order valence-electron chi connectivity index (χ4n) is 3.87. The minimum atomic E-state index is -0.703. The molecule has 2 fully saturated rings. The van der Waals surface area contributed by atoms with Crippen LogP contribution in [0.25, 0.3) is 0 Å². The Hall–Kier alpha value is -1.10. The molecular weight excluding hydrogens is 268 g/mol. The van der Waals surface area contributed by atoms with Crippen LogP contribution in [0.15, 0.2) is 0 Å². The number of carboxylic acid groups (broad SMARTS) is 1. The third kappa shape index (κ3) is 4.19. The monoisotopic (exact) mass is 296 g/mol. The van der Waals surface area contributed by atoms with Crippen molar-refractivity contribution in [3.63, 3.8) is 0 Å². The van der Waals surface area contributed by atoms with E-state index in [0.29, 0.717) is 25.6 Å². The van der Waals surface area contributed by atoms with Gasteiger partial charge in [0, 0.05) is 12.6 Å². The summed E-state index contributed by atoms with van der Waals surface area (Å²) in [5.41, 5.74) is -0.652. The number of aliphatic carboxylic acids is 1. The lowest BCUT2D eigenvalue weighted by atomic mass is 9.76. The van der Waals surface area contributed by atoms with Gasteiger partial charge < -0.3 is 10.4 Å². The predicted molar refractivity (Wildman–Crippen MR) is 81.0 cm³/mol. The van der Waals surface area contributed by atoms with Gasteiger partial charge in [0.2, 0.25) is 5.91 Å². The summed E-state index contributed by atoms with van der Waals surface area (Å²) in [4.78, 5) is 25.8. The smallest absolute Gasteiger partial charge is 0.310 e. The van der Waals surface area contributed by atoms with Crippen LogP contribution in [0, 0.1) is 5.41 Å². The van der Waals surface area contributed by atoms with Gasteiger partial charge in [0.25, 0.3) is 0 Å². The molecule has 1 saturated carbocycles. The second kappa shape index (κ2) is 7.25. The Bertz CT molecular complexity index is 376. The van der Waals surface area contributed by atoms with Crippen LogP contribution < -0.4 is 5.32 Å². The van der Waals surface area contributed by atoms with E-state index in [1.165, 1.54) is 12.8 Å². The average molecular weight is 296 g/mol. The Morgan fingerprint density at radius 1 is 1.29 bits per heavy atom. The summed E-state index contributed by atoms with van der Waals surface area (Å²) in [6.45, 7) is 3.71. The van der Waals surface area contributed by atoms with Crippen molar-refractivity contribution in [2.45, 2.75) is 64.3 Å². The first-order valence-electron chi connectivity index (χ1n) is 8.31. The third-order valence-electron chi connectivity index (χ3n) is 4.93. The van der Waals surface area contributed by atoms with Crippen LogP contribution in [0.4, 0.5) is 0 Å². The second-order valence-electron chi connectivity index (χ2n) is 6.70. The largest absolute Gasteiger partial charge is 0.481 e. The van der Waals surface area contributed by atoms with Gasteiger partial charge in [-0.25, -0.2) is 0 Å². The molecule has 1 aliphatic carbocycles. The predicted octanol–water partition coefficient (Wildman–Crippen LogP) is 2.01. The van der Waals surface area contributed by atoms with Gasteiger partial charge in [0.1, 0.15) is 0 Å². The van der Waals surface area contributed by atoms with Crippen LogP contribution >= 0.6 is 0 Å². The van der Waals surface area contributed by atoms with Gasteiger partial charge >= 0.3 is 5.97 Å². The molecule has 21 heavy (non-hydrogen) atoms. The topological polar surface area (TPSA) is 69.6 Å². The minimum absolute atomic E-state index is 0.0552. The van der Waals surface area contributed by atoms with E-state index in [4.69, 9.17) is 0 Å². The summed E-state index contributed by atoms with van der Waals surface area (Å²) < 4.78 is 0. The van der Waals surface area contributed by atoms with Crippen LogP contribution in [0.1, 0.15) is 58.3 Å². The summed E-state index contributed by atoms with van der Waals surface area (Å²) in [5, 5.41) is 12.7. The number of carbonyl (C=O) groups is 2. The lowest BCUT2D eigenvalue weighted by molar-refractivity contribution is -0.154. The molecule has 1 unspecified atom stereocenters.